The molecule has 5 aromatic rings. The van der Waals surface area contributed by atoms with Crippen LogP contribution in [-0.2, 0) is 0 Å². The van der Waals surface area contributed by atoms with Crippen LogP contribution in [0.3, 0.4) is 0 Å². The van der Waals surface area contributed by atoms with Crippen LogP contribution < -0.4 is 4.74 Å². The number of rotatable bonds is 3. The fraction of sp³-hybridized carbons (Fsp3) is 0.0370. The van der Waals surface area contributed by atoms with Crippen LogP contribution in [0, 0.1) is 64.0 Å². The molecule has 0 fully saturated rings. The van der Waals surface area contributed by atoms with Gasteiger partial charge in [0.15, 0.2) is 40.7 Å². The van der Waals surface area contributed by atoms with Crippen molar-refractivity contribution in [2.75, 3.05) is 7.11 Å². The van der Waals surface area contributed by atoms with Gasteiger partial charge in [0, 0.05) is 21.9 Å². The van der Waals surface area contributed by atoms with E-state index in [1.165, 1.54) is 0 Å². The molecule has 39 heavy (non-hydrogen) atoms. The summed E-state index contributed by atoms with van der Waals surface area (Å²) in [5.74, 6) is -24.9. The minimum Gasteiger partial charge on any atom is -0.491 e. The number of ether oxygens (including phenoxy) is 1. The third-order valence-corrected chi connectivity index (χ3v) is 6.21. The van der Waals surface area contributed by atoms with Crippen molar-refractivity contribution >= 4 is 21.5 Å². The van der Waals surface area contributed by atoms with E-state index < -0.39 is 114 Å². The van der Waals surface area contributed by atoms with Crippen LogP contribution in [0.1, 0.15) is 0 Å². The summed E-state index contributed by atoms with van der Waals surface area (Å²) in [6, 6.07) is 5.07. The van der Waals surface area contributed by atoms with E-state index in [1.54, 1.807) is 0 Å². The van der Waals surface area contributed by atoms with Crippen molar-refractivity contribution in [2.45, 2.75) is 0 Å². The lowest BCUT2D eigenvalue weighted by Crippen LogP contribution is -2.07. The highest BCUT2D eigenvalue weighted by atomic mass is 19.2. The van der Waals surface area contributed by atoms with Crippen LogP contribution in [0.5, 0.6) is 5.75 Å². The van der Waals surface area contributed by atoms with Gasteiger partial charge in [0.1, 0.15) is 11.6 Å². The van der Waals surface area contributed by atoms with Crippen LogP contribution >= 0.6 is 0 Å². The summed E-state index contributed by atoms with van der Waals surface area (Å²) in [5.41, 5.74) is -5.28. The number of fused-ring (bicyclic) bond motifs is 2. The topological polar surface area (TPSA) is 9.23 Å². The summed E-state index contributed by atoms with van der Waals surface area (Å²) in [6.07, 6.45) is 0. The molecule has 0 heterocycles. The summed E-state index contributed by atoms with van der Waals surface area (Å²) in [5, 5.41) is -3.50. The Hall–Kier alpha value is -4.35. The first-order valence-corrected chi connectivity index (χ1v) is 10.7. The van der Waals surface area contributed by atoms with Gasteiger partial charge in [-0.1, -0.05) is 24.3 Å². The summed E-state index contributed by atoms with van der Waals surface area (Å²) in [6.45, 7) is 0. The molecule has 5 rings (SSSR count). The molecule has 0 N–H and O–H groups in total. The molecule has 0 saturated carbocycles. The van der Waals surface area contributed by atoms with Crippen LogP contribution in [0.2, 0.25) is 0 Å². The third kappa shape index (κ3) is 3.53. The van der Waals surface area contributed by atoms with Crippen molar-refractivity contribution in [1.29, 1.82) is 0 Å². The minimum absolute atomic E-state index is 0.424. The molecule has 0 radical (unpaired) electrons. The summed E-state index contributed by atoms with van der Waals surface area (Å²) < 4.78 is 167. The second-order valence-corrected chi connectivity index (χ2v) is 8.18. The van der Waals surface area contributed by atoms with E-state index >= 15 is 17.6 Å². The van der Waals surface area contributed by atoms with Gasteiger partial charge < -0.3 is 4.74 Å². The van der Waals surface area contributed by atoms with Crippen molar-refractivity contribution < 1.29 is 53.0 Å². The molecule has 0 atom stereocenters. The molecular formula is C27H9F11O. The number of benzene rings is 5. The van der Waals surface area contributed by atoms with Crippen LogP contribution in [0.15, 0.2) is 36.4 Å². The number of halogens is 11. The first-order chi connectivity index (χ1) is 18.4. The Morgan fingerprint density at radius 3 is 1.10 bits per heavy atom. The standard InChI is InChI=1S/C27H9F11O/c1-39-27-25(37)20(32)17(21(33)26(27)38)13-9-5-3-2-4-8(9)12(14-10(28)6-7-11(29)15(13)14)16-18(30)22(34)24(36)23(35)19(16)31/h2-7H,1H3. The van der Waals surface area contributed by atoms with E-state index in [0.717, 1.165) is 24.3 Å². The van der Waals surface area contributed by atoms with Gasteiger partial charge in [-0.05, 0) is 22.9 Å². The lowest BCUT2D eigenvalue weighted by molar-refractivity contribution is 0.334. The van der Waals surface area contributed by atoms with E-state index in [0.29, 0.717) is 19.2 Å². The predicted molar refractivity (Wildman–Crippen MR) is 118 cm³/mol. The molecule has 0 amide bonds. The van der Waals surface area contributed by atoms with Gasteiger partial charge in [0.05, 0.1) is 18.2 Å². The molecule has 0 aliphatic carbocycles. The van der Waals surface area contributed by atoms with Crippen LogP contribution in [-0.4, -0.2) is 7.11 Å². The molecular weight excluding hydrogens is 549 g/mol. The Morgan fingerprint density at radius 2 is 0.744 bits per heavy atom. The van der Waals surface area contributed by atoms with Gasteiger partial charge in [0.2, 0.25) is 17.5 Å². The van der Waals surface area contributed by atoms with E-state index in [9.17, 15) is 30.7 Å². The Balaban J connectivity index is 2.14. The fourth-order valence-corrected chi connectivity index (χ4v) is 4.58. The first-order valence-electron chi connectivity index (χ1n) is 10.7. The number of methoxy groups -OCH3 is 1. The molecule has 5 aromatic carbocycles. The molecule has 0 spiro atoms. The molecule has 12 heteroatoms. The monoisotopic (exact) mass is 558 g/mol. The van der Waals surface area contributed by atoms with E-state index in [4.69, 9.17) is 0 Å². The van der Waals surface area contributed by atoms with Crippen LogP contribution in [0.25, 0.3) is 43.8 Å². The average Bonchev–Trinajstić information content (AvgIpc) is 2.92. The maximum Gasteiger partial charge on any atom is 0.204 e. The van der Waals surface area contributed by atoms with Gasteiger partial charge in [0.25, 0.3) is 0 Å². The Morgan fingerprint density at radius 1 is 0.410 bits per heavy atom. The molecule has 0 aliphatic rings. The van der Waals surface area contributed by atoms with E-state index in [1.807, 2.05) is 0 Å². The second kappa shape index (κ2) is 9.14. The average molecular weight is 558 g/mol. The molecule has 200 valence electrons. The lowest BCUT2D eigenvalue weighted by atomic mass is 9.84. The van der Waals surface area contributed by atoms with Gasteiger partial charge in [-0.3, -0.25) is 0 Å². The van der Waals surface area contributed by atoms with Gasteiger partial charge in [-0.2, -0.15) is 8.78 Å². The van der Waals surface area contributed by atoms with Crippen LogP contribution in [0.4, 0.5) is 48.3 Å². The molecule has 0 aromatic heterocycles. The summed E-state index contributed by atoms with van der Waals surface area (Å²) in [4.78, 5) is 0. The van der Waals surface area contributed by atoms with Crippen molar-refractivity contribution in [3.63, 3.8) is 0 Å². The van der Waals surface area contributed by atoms with Gasteiger partial charge >= 0.3 is 0 Å². The van der Waals surface area contributed by atoms with Gasteiger partial charge in [-0.15, -0.1) is 0 Å². The van der Waals surface area contributed by atoms with E-state index in [2.05, 4.69) is 4.74 Å². The van der Waals surface area contributed by atoms with Gasteiger partial charge in [-0.25, -0.2) is 39.5 Å². The largest absolute Gasteiger partial charge is 0.491 e. The highest BCUT2D eigenvalue weighted by Crippen LogP contribution is 2.49. The molecule has 1 nitrogen and oxygen atoms in total. The quantitative estimate of drug-likeness (QED) is 0.0931. The summed E-state index contributed by atoms with van der Waals surface area (Å²) >= 11 is 0. The predicted octanol–water partition coefficient (Wildman–Crippen LogP) is 8.87. The number of hydrogen-bond acceptors (Lipinski definition) is 1. The smallest absolute Gasteiger partial charge is 0.204 e. The number of hydrogen-bond donors (Lipinski definition) is 0. The van der Waals surface area contributed by atoms with Crippen molar-refractivity contribution in [3.8, 4) is 28.0 Å². The maximum absolute atomic E-state index is 15.4. The Labute approximate surface area is 210 Å². The zero-order chi connectivity index (χ0) is 28.5. The molecule has 0 bridgehead atoms. The normalized spacial score (nSPS) is 11.6. The third-order valence-electron chi connectivity index (χ3n) is 6.21. The fourth-order valence-electron chi connectivity index (χ4n) is 4.58. The van der Waals surface area contributed by atoms with Crippen molar-refractivity contribution in [2.24, 2.45) is 0 Å². The SMILES string of the molecule is COc1c(F)c(F)c(-c2c3ccccc3c(-c3c(F)c(F)c(F)c(F)c3F)c3c(F)ccc(F)c23)c(F)c1F. The Bertz CT molecular complexity index is 1810. The minimum atomic E-state index is -2.53. The lowest BCUT2D eigenvalue weighted by Gasteiger charge is -2.20. The second-order valence-electron chi connectivity index (χ2n) is 8.18. The highest BCUT2D eigenvalue weighted by Gasteiger charge is 2.34. The molecule has 0 unspecified atom stereocenters. The Kier molecular flexibility index (Phi) is 6.15. The zero-order valence-corrected chi connectivity index (χ0v) is 19.0. The van der Waals surface area contributed by atoms with Crippen molar-refractivity contribution in [1.82, 2.24) is 0 Å². The molecule has 0 saturated heterocycles. The maximum atomic E-state index is 15.4. The molecule has 0 aliphatic heterocycles. The summed E-state index contributed by atoms with van der Waals surface area (Å²) in [7, 11) is 0.707. The van der Waals surface area contributed by atoms with Crippen molar-refractivity contribution in [3.05, 3.63) is 100 Å². The first kappa shape index (κ1) is 26.3. The van der Waals surface area contributed by atoms with E-state index in [-0.39, 0.29) is 0 Å². The zero-order valence-electron chi connectivity index (χ0n) is 19.0. The highest BCUT2D eigenvalue weighted by molar-refractivity contribution is 6.21.